The Balaban J connectivity index is 0.0000000898. The van der Waals surface area contributed by atoms with Gasteiger partial charge in [0.1, 0.15) is 11.2 Å². The number of furan rings is 1. The largest absolute Gasteiger partial charge is 0.456 e. The van der Waals surface area contributed by atoms with Gasteiger partial charge >= 0.3 is 0 Å². The molecule has 0 atom stereocenters. The molecular formula is C97H73N7O4S. The number of ether oxygens (including phenoxy) is 1. The summed E-state index contributed by atoms with van der Waals surface area (Å²) in [5, 5.41) is 26.7. The van der Waals surface area contributed by atoms with Gasteiger partial charge in [0.15, 0.2) is 11.5 Å². The second kappa shape index (κ2) is 29.5. The Labute approximate surface area is 631 Å². The van der Waals surface area contributed by atoms with Gasteiger partial charge in [-0.2, -0.15) is 0 Å². The van der Waals surface area contributed by atoms with E-state index < -0.39 is 9.84 Å². The lowest BCUT2D eigenvalue weighted by Gasteiger charge is -2.20. The average molecular weight is 1430 g/mol. The zero-order chi connectivity index (χ0) is 73.0. The highest BCUT2D eigenvalue weighted by atomic mass is 32.2. The molecule has 5 aliphatic rings. The van der Waals surface area contributed by atoms with E-state index in [0.29, 0.717) is 21.2 Å². The van der Waals surface area contributed by atoms with Crippen LogP contribution >= 0.6 is 0 Å². The van der Waals surface area contributed by atoms with Crippen LogP contribution in [0.25, 0.3) is 76.3 Å². The monoisotopic (exact) mass is 1430 g/mol. The van der Waals surface area contributed by atoms with Crippen LogP contribution in [-0.2, 0) is 29.1 Å². The molecule has 109 heavy (non-hydrogen) atoms. The van der Waals surface area contributed by atoms with Gasteiger partial charge in [-0.1, -0.05) is 249 Å². The molecule has 0 amide bonds. The van der Waals surface area contributed by atoms with Gasteiger partial charge in [0.25, 0.3) is 0 Å². The number of aromatic nitrogens is 2. The van der Waals surface area contributed by atoms with E-state index in [2.05, 4.69) is 285 Å². The van der Waals surface area contributed by atoms with Crippen LogP contribution in [-0.4, -0.2) is 18.4 Å². The Morgan fingerprint density at radius 2 is 0.587 bits per heavy atom. The highest BCUT2D eigenvalue weighted by Gasteiger charge is 2.29. The summed E-state index contributed by atoms with van der Waals surface area (Å²) in [5.41, 5.74) is 25.7. The smallest absolute Gasteiger partial charge is 0.210 e. The summed E-state index contributed by atoms with van der Waals surface area (Å²) < 4.78 is 36.2. The Morgan fingerprint density at radius 1 is 0.239 bits per heavy atom. The Kier molecular flexibility index (Phi) is 18.1. The second-order valence-corrected chi connectivity index (χ2v) is 29.1. The first-order chi connectivity index (χ1) is 53.8. The van der Waals surface area contributed by atoms with Gasteiger partial charge in [-0.3, -0.25) is 0 Å². The fourth-order valence-electron chi connectivity index (χ4n) is 14.9. The Morgan fingerprint density at radius 3 is 1.07 bits per heavy atom. The van der Waals surface area contributed by atoms with Crippen LogP contribution in [0.1, 0.15) is 33.4 Å². The van der Waals surface area contributed by atoms with Gasteiger partial charge in [0.2, 0.25) is 9.84 Å². The topological polar surface area (TPSA) is 148 Å². The molecule has 5 aliphatic heterocycles. The maximum atomic E-state index is 12.3. The van der Waals surface area contributed by atoms with Crippen molar-refractivity contribution in [3.63, 3.8) is 0 Å². The lowest BCUT2D eigenvalue weighted by molar-refractivity contribution is 0.481. The number of rotatable bonds is 0. The molecule has 16 aromatic carbocycles. The van der Waals surface area contributed by atoms with Crippen LogP contribution in [0.15, 0.2) is 378 Å². The molecule has 7 N–H and O–H groups in total. The molecule has 24 rings (SSSR count). The number of hydrogen-bond acceptors (Lipinski definition) is 9. The highest BCUT2D eigenvalue weighted by Crippen LogP contribution is 2.43. The van der Waals surface area contributed by atoms with E-state index in [0.717, 1.165) is 58.8 Å². The number of hydrogen-bond donors (Lipinski definition) is 7. The summed E-state index contributed by atoms with van der Waals surface area (Å²) in [6.07, 6.45) is 3.12. The quantitative estimate of drug-likeness (QED) is 0.0788. The number of sulfone groups is 1. The lowest BCUT2D eigenvalue weighted by atomic mass is 9.98. The number of benzene rings is 16. The number of aromatic amines is 2. The molecule has 12 heteroatoms. The summed E-state index contributed by atoms with van der Waals surface area (Å²) in [6, 6.07) is 123. The van der Waals surface area contributed by atoms with Crippen molar-refractivity contribution in [1.82, 2.24) is 9.97 Å². The van der Waals surface area contributed by atoms with Crippen LogP contribution < -0.4 is 31.3 Å². The first-order valence-electron chi connectivity index (χ1n) is 36.6. The number of H-pyrrole nitrogens is 2. The number of para-hydroxylation sites is 15. The summed E-state index contributed by atoms with van der Waals surface area (Å²) in [4.78, 5) is 7.69. The Hall–Kier alpha value is -14.1. The maximum Gasteiger partial charge on any atom is 0.210 e. The van der Waals surface area contributed by atoms with Crippen molar-refractivity contribution in [2.45, 2.75) is 29.1 Å². The van der Waals surface area contributed by atoms with E-state index in [1.54, 1.807) is 36.4 Å². The van der Waals surface area contributed by atoms with Crippen molar-refractivity contribution in [1.29, 1.82) is 0 Å². The summed E-state index contributed by atoms with van der Waals surface area (Å²) in [5.74, 6) is 1.76. The van der Waals surface area contributed by atoms with Gasteiger partial charge in [0, 0.05) is 108 Å². The normalized spacial score (nSPS) is 12.7. The first-order valence-corrected chi connectivity index (χ1v) is 38.1. The number of fused-ring (bicyclic) bond motifs is 21. The van der Waals surface area contributed by atoms with Crippen LogP contribution in [0.4, 0.5) is 56.9 Å². The van der Waals surface area contributed by atoms with Crippen LogP contribution in [0.2, 0.25) is 0 Å². The first kappa shape index (κ1) is 66.9. The predicted molar refractivity (Wildman–Crippen MR) is 451 cm³/mol. The van der Waals surface area contributed by atoms with Crippen molar-refractivity contribution in [3.8, 4) is 11.5 Å². The molecule has 0 bridgehead atoms. The van der Waals surface area contributed by atoms with Crippen molar-refractivity contribution >= 4 is 143 Å². The van der Waals surface area contributed by atoms with E-state index in [-0.39, 0.29) is 0 Å². The molecule has 0 saturated heterocycles. The van der Waals surface area contributed by atoms with E-state index in [4.69, 9.17) is 9.15 Å². The molecular weight excluding hydrogens is 1360 g/mol. The lowest BCUT2D eigenvalue weighted by Crippen LogP contribution is -2.13. The molecule has 0 aliphatic carbocycles. The van der Waals surface area contributed by atoms with E-state index in [1.807, 2.05) is 78.9 Å². The molecule has 0 radical (unpaired) electrons. The molecule has 3 aromatic heterocycles. The third kappa shape index (κ3) is 13.7. The molecule has 0 spiro atoms. The summed E-state index contributed by atoms with van der Waals surface area (Å²) >= 11 is 0. The minimum atomic E-state index is -3.36. The minimum absolute atomic E-state index is 0.341. The predicted octanol–water partition coefficient (Wildman–Crippen LogP) is 25.8. The molecule has 0 unspecified atom stereocenters. The second-order valence-electron chi connectivity index (χ2n) is 27.2. The van der Waals surface area contributed by atoms with E-state index in [9.17, 15) is 8.42 Å². The zero-order valence-corrected chi connectivity index (χ0v) is 60.1. The van der Waals surface area contributed by atoms with Gasteiger partial charge < -0.3 is 45.7 Å². The molecule has 0 fully saturated rings. The van der Waals surface area contributed by atoms with Crippen molar-refractivity contribution in [2.75, 3.05) is 26.6 Å². The van der Waals surface area contributed by atoms with E-state index in [1.165, 1.54) is 127 Å². The molecule has 11 nitrogen and oxygen atoms in total. The van der Waals surface area contributed by atoms with E-state index >= 15 is 0 Å². The maximum absolute atomic E-state index is 12.3. The van der Waals surface area contributed by atoms with Gasteiger partial charge in [0.05, 0.1) is 38.1 Å². The summed E-state index contributed by atoms with van der Waals surface area (Å²) in [7, 11) is -3.36. The van der Waals surface area contributed by atoms with Crippen LogP contribution in [0.3, 0.4) is 0 Å². The van der Waals surface area contributed by atoms with Crippen molar-refractivity contribution < 1.29 is 17.6 Å². The average Bonchev–Trinajstić information content (AvgIpc) is 1.64. The Bertz CT molecular complexity index is 5880. The molecule has 8 heterocycles. The SMILES string of the molecule is O=S1(=O)c2ccccc2Nc2ccccc21.c1ccc2c(c1)Cc1ccccc1N2.c1ccc2c(c1)Cc1ccccc1N2.c1ccc2c(c1)Cc1ccccc1N2.c1ccc2c(c1)Nc1ccccc1O2.c1ccc2c(c1)[nH]c1cc3c(cc12)oc1ccccc13.c1ccc2c(c1)ccc1c3ccccc3[nH]c21. The number of anilines is 10. The molecule has 526 valence electrons. The zero-order valence-electron chi connectivity index (χ0n) is 59.3. The van der Waals surface area contributed by atoms with Gasteiger partial charge in [-0.05, 0) is 154 Å². The summed E-state index contributed by atoms with van der Waals surface area (Å²) in [6.45, 7) is 0. The fourth-order valence-corrected chi connectivity index (χ4v) is 16.5. The number of nitrogens with one attached hydrogen (secondary N) is 7. The minimum Gasteiger partial charge on any atom is -0.456 e. The molecule has 19 aromatic rings. The third-order valence-corrected chi connectivity index (χ3v) is 22.2. The van der Waals surface area contributed by atoms with Crippen molar-refractivity contribution in [3.05, 3.63) is 397 Å². The van der Waals surface area contributed by atoms with Crippen LogP contribution in [0, 0.1) is 0 Å². The van der Waals surface area contributed by atoms with Crippen molar-refractivity contribution in [2.24, 2.45) is 0 Å². The molecule has 0 saturated carbocycles. The third-order valence-electron chi connectivity index (χ3n) is 20.4. The standard InChI is InChI=1S/C18H11NO.C16H11N.3C13H11N.C12H9NO2S.C12H9NO/c1-3-7-15-11(5-1)13-10-18-14(9-16(13)19-15)12-6-2-4-8-17(12)20-18;1-2-6-12-11(5-1)9-10-14-13-7-3-4-8-15(13)17-16(12)14;3*1-3-7-12-10(5-1)9-11-6-2-4-8-13(11)14-12;14-16(15)11-7-3-1-5-9(11)13-10-6-2-4-8-12(10)16;1-3-7-11-9(5-1)13-10-6-2-4-8-12(10)14-11/h1-10,19H;1-10,17H;3*1-8,14H,9H2;1-8,13H;1-8,13H. The van der Waals surface area contributed by atoms with Crippen LogP contribution in [0.5, 0.6) is 11.5 Å². The van der Waals surface area contributed by atoms with Gasteiger partial charge in [-0.25, -0.2) is 8.42 Å². The highest BCUT2D eigenvalue weighted by molar-refractivity contribution is 7.92. The fraction of sp³-hybridized carbons (Fsp3) is 0.0309. The van der Waals surface area contributed by atoms with Gasteiger partial charge in [-0.15, -0.1) is 0 Å².